The van der Waals surface area contributed by atoms with Crippen molar-refractivity contribution in [2.75, 3.05) is 0 Å². The van der Waals surface area contributed by atoms with Crippen LogP contribution in [0.15, 0.2) is 42.5 Å². The van der Waals surface area contributed by atoms with Gasteiger partial charge in [-0.3, -0.25) is 19.7 Å². The second-order valence-corrected chi connectivity index (χ2v) is 9.08. The molecule has 0 spiro atoms. The molecule has 158 valence electrons. The Morgan fingerprint density at radius 2 is 2.03 bits per heavy atom. The van der Waals surface area contributed by atoms with Crippen LogP contribution in [0.3, 0.4) is 0 Å². The Morgan fingerprint density at radius 1 is 1.16 bits per heavy atom. The Bertz CT molecular complexity index is 1220. The summed E-state index contributed by atoms with van der Waals surface area (Å²) in [6.45, 7) is 2.88. The van der Waals surface area contributed by atoms with E-state index >= 15 is 0 Å². The van der Waals surface area contributed by atoms with Crippen molar-refractivity contribution in [1.29, 1.82) is 0 Å². The van der Waals surface area contributed by atoms with Crippen LogP contribution in [0.25, 0.3) is 10.1 Å². The molecule has 3 heterocycles. The number of piperidine rings is 1. The van der Waals surface area contributed by atoms with Gasteiger partial charge in [0.15, 0.2) is 0 Å². The molecule has 1 atom stereocenters. The molecule has 1 fully saturated rings. The number of nitrogens with one attached hydrogen (secondary N) is 1. The predicted octanol–water partition coefficient (Wildman–Crippen LogP) is 3.80. The summed E-state index contributed by atoms with van der Waals surface area (Å²) < 4.78 is 7.37. The van der Waals surface area contributed by atoms with Gasteiger partial charge in [-0.25, -0.2) is 0 Å². The Hall–Kier alpha value is -3.19. The van der Waals surface area contributed by atoms with Crippen LogP contribution in [-0.4, -0.2) is 28.7 Å². The van der Waals surface area contributed by atoms with Crippen LogP contribution in [0.1, 0.15) is 46.1 Å². The molecule has 3 aromatic rings. The summed E-state index contributed by atoms with van der Waals surface area (Å²) >= 11 is 1.72. The SMILES string of the molecule is CCc1ccc2cc(COc3cccc4c3CN(C3CCC(=O)NC3=O)C4=O)sc2c1. The third-order valence-electron chi connectivity index (χ3n) is 5.95. The lowest BCUT2D eigenvalue weighted by Crippen LogP contribution is -2.52. The number of hydrogen-bond acceptors (Lipinski definition) is 5. The number of thiophene rings is 1. The fourth-order valence-electron chi connectivity index (χ4n) is 4.26. The van der Waals surface area contributed by atoms with Gasteiger partial charge in [0.2, 0.25) is 11.8 Å². The third kappa shape index (κ3) is 3.59. The van der Waals surface area contributed by atoms with Gasteiger partial charge in [-0.1, -0.05) is 25.1 Å². The Morgan fingerprint density at radius 3 is 2.84 bits per heavy atom. The highest BCUT2D eigenvalue weighted by atomic mass is 32.1. The number of fused-ring (bicyclic) bond motifs is 2. The maximum Gasteiger partial charge on any atom is 0.255 e. The lowest BCUT2D eigenvalue weighted by molar-refractivity contribution is -0.136. The number of rotatable bonds is 5. The highest BCUT2D eigenvalue weighted by molar-refractivity contribution is 7.19. The van der Waals surface area contributed by atoms with Crippen LogP contribution >= 0.6 is 11.3 Å². The lowest BCUT2D eigenvalue weighted by atomic mass is 10.0. The van der Waals surface area contributed by atoms with Gasteiger partial charge in [-0.05, 0) is 48.1 Å². The van der Waals surface area contributed by atoms with Gasteiger partial charge in [0.25, 0.3) is 5.91 Å². The molecule has 2 aliphatic rings. The minimum Gasteiger partial charge on any atom is -0.488 e. The molecule has 0 radical (unpaired) electrons. The first kappa shape index (κ1) is 19.8. The van der Waals surface area contributed by atoms with E-state index < -0.39 is 11.9 Å². The topological polar surface area (TPSA) is 75.7 Å². The molecule has 2 aromatic carbocycles. The first-order valence-electron chi connectivity index (χ1n) is 10.4. The zero-order chi connectivity index (χ0) is 21.5. The molecular formula is C24H22N2O4S. The fraction of sp³-hybridized carbons (Fsp3) is 0.292. The minimum atomic E-state index is -0.624. The van der Waals surface area contributed by atoms with Crippen molar-refractivity contribution >= 4 is 39.1 Å². The summed E-state index contributed by atoms with van der Waals surface area (Å²) in [6, 6.07) is 13.5. The Labute approximate surface area is 183 Å². The lowest BCUT2D eigenvalue weighted by Gasteiger charge is -2.29. The summed E-state index contributed by atoms with van der Waals surface area (Å²) in [5.74, 6) is -0.225. The van der Waals surface area contributed by atoms with E-state index in [1.54, 1.807) is 28.4 Å². The number of imide groups is 1. The van der Waals surface area contributed by atoms with Crippen molar-refractivity contribution in [3.63, 3.8) is 0 Å². The number of amides is 3. The van der Waals surface area contributed by atoms with Gasteiger partial charge in [0.05, 0.1) is 6.54 Å². The molecule has 3 amide bonds. The van der Waals surface area contributed by atoms with E-state index in [2.05, 4.69) is 36.5 Å². The summed E-state index contributed by atoms with van der Waals surface area (Å²) in [4.78, 5) is 39.3. The zero-order valence-electron chi connectivity index (χ0n) is 17.1. The molecule has 2 aliphatic heterocycles. The fourth-order valence-corrected chi connectivity index (χ4v) is 5.30. The molecule has 7 heteroatoms. The van der Waals surface area contributed by atoms with E-state index in [9.17, 15) is 14.4 Å². The molecular weight excluding hydrogens is 412 g/mol. The van der Waals surface area contributed by atoms with E-state index in [1.807, 2.05) is 6.07 Å². The summed E-state index contributed by atoms with van der Waals surface area (Å²) in [5, 5.41) is 3.54. The molecule has 1 saturated heterocycles. The van der Waals surface area contributed by atoms with Crippen LogP contribution in [0.4, 0.5) is 0 Å². The number of hydrogen-bond donors (Lipinski definition) is 1. The van der Waals surface area contributed by atoms with Crippen molar-refractivity contribution in [1.82, 2.24) is 10.2 Å². The predicted molar refractivity (Wildman–Crippen MR) is 118 cm³/mol. The third-order valence-corrected chi connectivity index (χ3v) is 7.02. The van der Waals surface area contributed by atoms with Crippen molar-refractivity contribution in [2.45, 2.75) is 45.4 Å². The van der Waals surface area contributed by atoms with Crippen LogP contribution < -0.4 is 10.1 Å². The number of carbonyl (C=O) groups is 3. The van der Waals surface area contributed by atoms with Crippen molar-refractivity contribution < 1.29 is 19.1 Å². The van der Waals surface area contributed by atoms with E-state index in [4.69, 9.17) is 4.74 Å². The molecule has 1 N–H and O–H groups in total. The normalized spacial score (nSPS) is 18.4. The second-order valence-electron chi connectivity index (χ2n) is 7.91. The van der Waals surface area contributed by atoms with Crippen molar-refractivity contribution in [2.24, 2.45) is 0 Å². The maximum atomic E-state index is 12.9. The van der Waals surface area contributed by atoms with E-state index in [0.29, 0.717) is 30.9 Å². The molecule has 1 unspecified atom stereocenters. The molecule has 0 aliphatic carbocycles. The standard InChI is InChI=1S/C24H22N2O4S/c1-2-14-6-7-15-11-16(31-21(15)10-14)13-30-20-5-3-4-17-18(20)12-26(24(17)29)19-8-9-22(27)25-23(19)28/h3-7,10-11,19H,2,8-9,12-13H2,1H3,(H,25,27,28). The number of ether oxygens (including phenoxy) is 1. The molecule has 5 rings (SSSR count). The van der Waals surface area contributed by atoms with Gasteiger partial charge >= 0.3 is 0 Å². The number of benzene rings is 2. The van der Waals surface area contributed by atoms with E-state index in [1.165, 1.54) is 15.6 Å². The largest absolute Gasteiger partial charge is 0.488 e. The van der Waals surface area contributed by atoms with Gasteiger partial charge in [0, 0.05) is 27.1 Å². The average molecular weight is 435 g/mol. The first-order valence-corrected chi connectivity index (χ1v) is 11.3. The van der Waals surface area contributed by atoms with Crippen molar-refractivity contribution in [3.8, 4) is 5.75 Å². The average Bonchev–Trinajstić information content (AvgIpc) is 3.33. The van der Waals surface area contributed by atoms with Crippen LogP contribution in [0.2, 0.25) is 0 Å². The molecule has 0 bridgehead atoms. The van der Waals surface area contributed by atoms with Crippen LogP contribution in [0.5, 0.6) is 5.75 Å². The maximum absolute atomic E-state index is 12.9. The highest BCUT2D eigenvalue weighted by Crippen LogP contribution is 2.35. The molecule has 31 heavy (non-hydrogen) atoms. The summed E-state index contributed by atoms with van der Waals surface area (Å²) in [6.07, 6.45) is 1.60. The molecule has 6 nitrogen and oxygen atoms in total. The highest BCUT2D eigenvalue weighted by Gasteiger charge is 2.40. The zero-order valence-corrected chi connectivity index (χ0v) is 18.0. The van der Waals surface area contributed by atoms with Crippen LogP contribution in [0, 0.1) is 0 Å². The van der Waals surface area contributed by atoms with Gasteiger partial charge in [0.1, 0.15) is 18.4 Å². The molecule has 1 aromatic heterocycles. The number of carbonyl (C=O) groups excluding carboxylic acids is 3. The van der Waals surface area contributed by atoms with E-state index in [-0.39, 0.29) is 18.2 Å². The summed E-state index contributed by atoms with van der Waals surface area (Å²) in [5.41, 5.74) is 2.67. The van der Waals surface area contributed by atoms with Gasteiger partial charge in [-0.15, -0.1) is 11.3 Å². The minimum absolute atomic E-state index is 0.191. The monoisotopic (exact) mass is 434 g/mol. The Kier molecular flexibility index (Phi) is 4.98. The molecule has 0 saturated carbocycles. The number of aryl methyl sites for hydroxylation is 1. The number of nitrogens with zero attached hydrogens (tertiary/aromatic N) is 1. The quantitative estimate of drug-likeness (QED) is 0.620. The van der Waals surface area contributed by atoms with Gasteiger partial charge in [-0.2, -0.15) is 0 Å². The van der Waals surface area contributed by atoms with Gasteiger partial charge < -0.3 is 9.64 Å². The van der Waals surface area contributed by atoms with E-state index in [0.717, 1.165) is 16.9 Å². The second kappa shape index (κ2) is 7.81. The van der Waals surface area contributed by atoms with Crippen molar-refractivity contribution in [3.05, 3.63) is 64.0 Å². The summed E-state index contributed by atoms with van der Waals surface area (Å²) in [7, 11) is 0. The smallest absolute Gasteiger partial charge is 0.255 e. The Balaban J connectivity index is 1.35. The van der Waals surface area contributed by atoms with Crippen LogP contribution in [-0.2, 0) is 29.2 Å². The first-order chi connectivity index (χ1) is 15.0.